The highest BCUT2D eigenvalue weighted by atomic mass is 35.5. The summed E-state index contributed by atoms with van der Waals surface area (Å²) >= 11 is 0. The summed E-state index contributed by atoms with van der Waals surface area (Å²) in [6.45, 7) is 5.80. The fraction of sp³-hybridized carbons (Fsp3) is 0.533. The average molecular weight is 299 g/mol. The molecule has 0 radical (unpaired) electrons. The molecule has 0 spiro atoms. The zero-order valence-electron chi connectivity index (χ0n) is 12.0. The highest BCUT2D eigenvalue weighted by molar-refractivity contribution is 5.97. The van der Waals surface area contributed by atoms with E-state index in [1.54, 1.807) is 0 Å². The largest absolute Gasteiger partial charge is 0.490 e. The smallest absolute Gasteiger partial charge is 0.255 e. The van der Waals surface area contributed by atoms with E-state index in [1.807, 2.05) is 38.1 Å². The van der Waals surface area contributed by atoms with Crippen LogP contribution in [0.3, 0.4) is 0 Å². The fourth-order valence-electron chi connectivity index (χ4n) is 2.25. The molecule has 0 saturated carbocycles. The van der Waals surface area contributed by atoms with Gasteiger partial charge in [0.1, 0.15) is 5.75 Å². The third kappa shape index (κ3) is 4.69. The van der Waals surface area contributed by atoms with Gasteiger partial charge in [0.15, 0.2) is 0 Å². The molecule has 1 aliphatic rings. The van der Waals surface area contributed by atoms with E-state index in [-0.39, 0.29) is 30.5 Å². The van der Waals surface area contributed by atoms with E-state index in [0.717, 1.165) is 25.9 Å². The molecular formula is C15H23ClN2O2. The third-order valence-corrected chi connectivity index (χ3v) is 3.13. The van der Waals surface area contributed by atoms with Gasteiger partial charge in [-0.25, -0.2) is 0 Å². The number of nitrogens with one attached hydrogen (secondary N) is 2. The SMILES string of the molecule is CC(C)Oc1ccccc1C(=O)N[C@H]1CCCNC1.Cl. The first-order valence-corrected chi connectivity index (χ1v) is 6.94. The van der Waals surface area contributed by atoms with Crippen LogP contribution in [0.25, 0.3) is 0 Å². The van der Waals surface area contributed by atoms with Crippen LogP contribution >= 0.6 is 12.4 Å². The van der Waals surface area contributed by atoms with Crippen LogP contribution in [0.5, 0.6) is 5.75 Å². The van der Waals surface area contributed by atoms with Crippen molar-refractivity contribution in [2.24, 2.45) is 0 Å². The summed E-state index contributed by atoms with van der Waals surface area (Å²) < 4.78 is 5.68. The van der Waals surface area contributed by atoms with Crippen LogP contribution in [0.1, 0.15) is 37.0 Å². The molecule has 20 heavy (non-hydrogen) atoms. The van der Waals surface area contributed by atoms with Crippen LogP contribution in [0.2, 0.25) is 0 Å². The lowest BCUT2D eigenvalue weighted by Gasteiger charge is -2.24. The molecule has 0 aromatic heterocycles. The van der Waals surface area contributed by atoms with Gasteiger partial charge in [0.05, 0.1) is 11.7 Å². The van der Waals surface area contributed by atoms with E-state index in [4.69, 9.17) is 4.74 Å². The normalized spacial score (nSPS) is 18.2. The zero-order valence-corrected chi connectivity index (χ0v) is 12.8. The minimum Gasteiger partial charge on any atom is -0.490 e. The summed E-state index contributed by atoms with van der Waals surface area (Å²) in [6, 6.07) is 7.61. The summed E-state index contributed by atoms with van der Waals surface area (Å²) in [5.74, 6) is 0.601. The summed E-state index contributed by atoms with van der Waals surface area (Å²) in [6.07, 6.45) is 2.20. The van der Waals surface area contributed by atoms with Gasteiger partial charge in [-0.1, -0.05) is 12.1 Å². The Kier molecular flexibility index (Phi) is 6.82. The number of halogens is 1. The number of para-hydroxylation sites is 1. The minimum atomic E-state index is -0.0510. The Morgan fingerprint density at radius 2 is 2.15 bits per heavy atom. The number of benzene rings is 1. The highest BCUT2D eigenvalue weighted by Crippen LogP contribution is 2.19. The first-order valence-electron chi connectivity index (χ1n) is 6.94. The second-order valence-corrected chi connectivity index (χ2v) is 5.18. The fourth-order valence-corrected chi connectivity index (χ4v) is 2.25. The monoisotopic (exact) mass is 298 g/mol. The lowest BCUT2D eigenvalue weighted by atomic mass is 10.1. The van der Waals surface area contributed by atoms with Crippen molar-refractivity contribution in [3.8, 4) is 5.75 Å². The molecule has 1 aliphatic heterocycles. The maximum absolute atomic E-state index is 12.3. The number of amides is 1. The van der Waals surface area contributed by atoms with E-state index >= 15 is 0 Å². The first-order chi connectivity index (χ1) is 9.16. The van der Waals surface area contributed by atoms with Crippen molar-refractivity contribution in [1.29, 1.82) is 0 Å². The Bertz CT molecular complexity index is 432. The van der Waals surface area contributed by atoms with E-state index in [9.17, 15) is 4.79 Å². The number of carbonyl (C=O) groups is 1. The van der Waals surface area contributed by atoms with Gasteiger partial charge in [0, 0.05) is 12.6 Å². The van der Waals surface area contributed by atoms with Gasteiger partial charge in [-0.3, -0.25) is 4.79 Å². The first kappa shape index (κ1) is 16.8. The van der Waals surface area contributed by atoms with E-state index in [0.29, 0.717) is 11.3 Å². The quantitative estimate of drug-likeness (QED) is 0.897. The molecule has 4 nitrogen and oxygen atoms in total. The van der Waals surface area contributed by atoms with Crippen LogP contribution in [0.15, 0.2) is 24.3 Å². The second kappa shape index (κ2) is 8.12. The number of hydrogen-bond acceptors (Lipinski definition) is 3. The summed E-state index contributed by atoms with van der Waals surface area (Å²) in [5, 5.41) is 6.36. The third-order valence-electron chi connectivity index (χ3n) is 3.13. The Hall–Kier alpha value is -1.26. The Labute approximate surface area is 126 Å². The molecule has 1 aromatic rings. The average Bonchev–Trinajstić information content (AvgIpc) is 2.39. The molecule has 1 amide bonds. The van der Waals surface area contributed by atoms with Crippen LogP contribution < -0.4 is 15.4 Å². The zero-order chi connectivity index (χ0) is 13.7. The highest BCUT2D eigenvalue weighted by Gasteiger charge is 2.18. The molecule has 0 bridgehead atoms. The van der Waals surface area contributed by atoms with Crippen molar-refractivity contribution < 1.29 is 9.53 Å². The lowest BCUT2D eigenvalue weighted by Crippen LogP contribution is -2.45. The summed E-state index contributed by atoms with van der Waals surface area (Å²) in [5.41, 5.74) is 0.613. The van der Waals surface area contributed by atoms with Gasteiger partial charge < -0.3 is 15.4 Å². The molecule has 1 aromatic carbocycles. The number of piperidine rings is 1. The predicted octanol–water partition coefficient (Wildman–Crippen LogP) is 2.38. The van der Waals surface area contributed by atoms with Crippen LogP contribution in [0.4, 0.5) is 0 Å². The summed E-state index contributed by atoms with van der Waals surface area (Å²) in [4.78, 5) is 12.3. The maximum atomic E-state index is 12.3. The molecule has 1 heterocycles. The van der Waals surface area contributed by atoms with E-state index in [1.165, 1.54) is 0 Å². The molecule has 112 valence electrons. The summed E-state index contributed by atoms with van der Waals surface area (Å²) in [7, 11) is 0. The second-order valence-electron chi connectivity index (χ2n) is 5.18. The van der Waals surface area contributed by atoms with E-state index < -0.39 is 0 Å². The van der Waals surface area contributed by atoms with Gasteiger partial charge in [0.2, 0.25) is 0 Å². The molecule has 0 aliphatic carbocycles. The van der Waals surface area contributed by atoms with E-state index in [2.05, 4.69) is 10.6 Å². The number of hydrogen-bond donors (Lipinski definition) is 2. The minimum absolute atomic E-state index is 0. The van der Waals surface area contributed by atoms with Crippen LogP contribution in [-0.2, 0) is 0 Å². The van der Waals surface area contributed by atoms with Crippen molar-refractivity contribution in [3.63, 3.8) is 0 Å². The Morgan fingerprint density at radius 1 is 1.40 bits per heavy atom. The number of rotatable bonds is 4. The van der Waals surface area contributed by atoms with Crippen molar-refractivity contribution in [3.05, 3.63) is 29.8 Å². The molecule has 1 fully saturated rings. The van der Waals surface area contributed by atoms with Crippen LogP contribution in [0, 0.1) is 0 Å². The van der Waals surface area contributed by atoms with Gasteiger partial charge in [0.25, 0.3) is 5.91 Å². The number of ether oxygens (including phenoxy) is 1. The van der Waals surface area contributed by atoms with Gasteiger partial charge in [-0.15, -0.1) is 12.4 Å². The Balaban J connectivity index is 0.00000200. The van der Waals surface area contributed by atoms with Crippen LogP contribution in [-0.4, -0.2) is 31.1 Å². The lowest BCUT2D eigenvalue weighted by molar-refractivity contribution is 0.0925. The molecule has 2 N–H and O–H groups in total. The van der Waals surface area contributed by atoms with Gasteiger partial charge in [-0.2, -0.15) is 0 Å². The standard InChI is InChI=1S/C15H22N2O2.ClH/c1-11(2)19-14-8-4-3-7-13(14)15(18)17-12-6-5-9-16-10-12;/h3-4,7-8,11-12,16H,5-6,9-10H2,1-2H3,(H,17,18);1H/t12-;/m0./s1. The van der Waals surface area contributed by atoms with Crippen molar-refractivity contribution in [2.45, 2.75) is 38.8 Å². The topological polar surface area (TPSA) is 50.4 Å². The van der Waals surface area contributed by atoms with Crippen molar-refractivity contribution in [2.75, 3.05) is 13.1 Å². The van der Waals surface area contributed by atoms with Gasteiger partial charge >= 0.3 is 0 Å². The molecule has 1 saturated heterocycles. The van der Waals surface area contributed by atoms with Crippen molar-refractivity contribution >= 4 is 18.3 Å². The molecular weight excluding hydrogens is 276 g/mol. The van der Waals surface area contributed by atoms with Crippen molar-refractivity contribution in [1.82, 2.24) is 10.6 Å². The molecule has 0 unspecified atom stereocenters. The molecule has 5 heteroatoms. The number of carbonyl (C=O) groups excluding carboxylic acids is 1. The Morgan fingerprint density at radius 3 is 2.80 bits per heavy atom. The molecule has 2 rings (SSSR count). The predicted molar refractivity (Wildman–Crippen MR) is 82.8 cm³/mol. The maximum Gasteiger partial charge on any atom is 0.255 e. The van der Waals surface area contributed by atoms with Gasteiger partial charge in [-0.05, 0) is 45.4 Å². The molecule has 1 atom stereocenters.